The van der Waals surface area contributed by atoms with Crippen LogP contribution in [0.25, 0.3) is 0 Å². The largest absolute Gasteiger partial charge is 0.481 e. The zero-order valence-corrected chi connectivity index (χ0v) is 8.53. The second-order valence-electron chi connectivity index (χ2n) is 2.94. The van der Waals surface area contributed by atoms with Gasteiger partial charge in [0.05, 0.1) is 19.6 Å². The molecule has 0 fully saturated rings. The summed E-state index contributed by atoms with van der Waals surface area (Å²) >= 11 is 0. The number of nitrogens with zero attached hydrogens (tertiary/aromatic N) is 1. The zero-order chi connectivity index (χ0) is 12.6. The minimum absolute atomic E-state index is 0.140. The molecule has 0 saturated heterocycles. The fourth-order valence-electron chi connectivity index (χ4n) is 0.951. The van der Waals surface area contributed by atoms with Crippen molar-refractivity contribution in [2.45, 2.75) is 12.8 Å². The van der Waals surface area contributed by atoms with Gasteiger partial charge in [0.15, 0.2) is 0 Å². The summed E-state index contributed by atoms with van der Waals surface area (Å²) in [6.45, 7) is -1.58. The van der Waals surface area contributed by atoms with Crippen LogP contribution in [0.2, 0.25) is 0 Å². The first-order valence-corrected chi connectivity index (χ1v) is 4.61. The van der Waals surface area contributed by atoms with Gasteiger partial charge in [0.1, 0.15) is 0 Å². The van der Waals surface area contributed by atoms with Crippen LogP contribution in [0.4, 0.5) is 13.6 Å². The molecule has 94 valence electrons. The number of halogens is 2. The number of urea groups is 1. The third kappa shape index (κ3) is 6.93. The van der Waals surface area contributed by atoms with E-state index in [0.29, 0.717) is 0 Å². The average molecular weight is 240 g/mol. The van der Waals surface area contributed by atoms with Gasteiger partial charge in [-0.3, -0.25) is 4.79 Å². The maximum atomic E-state index is 12.0. The Hall–Kier alpha value is -1.44. The topological polar surface area (TPSA) is 89.9 Å². The highest BCUT2D eigenvalue weighted by Gasteiger charge is 2.17. The highest BCUT2D eigenvalue weighted by Crippen LogP contribution is 1.98. The van der Waals surface area contributed by atoms with E-state index < -0.39 is 31.6 Å². The van der Waals surface area contributed by atoms with Crippen LogP contribution >= 0.6 is 0 Å². The number of carboxylic acids is 1. The molecular formula is C8H14F2N2O4. The molecule has 0 aromatic heterocycles. The lowest BCUT2D eigenvalue weighted by molar-refractivity contribution is -0.136. The van der Waals surface area contributed by atoms with Gasteiger partial charge in [0.25, 0.3) is 6.43 Å². The number of aliphatic carboxylic acids is 1. The summed E-state index contributed by atoms with van der Waals surface area (Å²) in [5, 5.41) is 19.0. The predicted octanol–water partition coefficient (Wildman–Crippen LogP) is -0.270. The number of carboxylic acid groups (broad SMARTS) is 1. The van der Waals surface area contributed by atoms with Gasteiger partial charge in [0, 0.05) is 13.1 Å². The van der Waals surface area contributed by atoms with Crippen molar-refractivity contribution < 1.29 is 28.6 Å². The smallest absolute Gasteiger partial charge is 0.317 e. The normalized spacial score (nSPS) is 10.2. The van der Waals surface area contributed by atoms with Gasteiger partial charge in [-0.05, 0) is 0 Å². The van der Waals surface area contributed by atoms with Crippen molar-refractivity contribution in [1.82, 2.24) is 10.2 Å². The van der Waals surface area contributed by atoms with E-state index in [-0.39, 0.29) is 19.5 Å². The standard InChI is InChI=1S/C8H14F2N2O4/c9-6(10)5-12(3-4-13)8(16)11-2-1-7(14)15/h6,13H,1-5H2,(H,11,16)(H,14,15). The molecule has 0 aromatic rings. The molecule has 0 saturated carbocycles. The summed E-state index contributed by atoms with van der Waals surface area (Å²) in [6, 6.07) is -0.810. The molecule has 16 heavy (non-hydrogen) atoms. The summed E-state index contributed by atoms with van der Waals surface area (Å²) in [4.78, 5) is 22.1. The predicted molar refractivity (Wildman–Crippen MR) is 50.3 cm³/mol. The van der Waals surface area contributed by atoms with Crippen molar-refractivity contribution in [2.24, 2.45) is 0 Å². The van der Waals surface area contributed by atoms with Gasteiger partial charge in [-0.25, -0.2) is 13.6 Å². The van der Waals surface area contributed by atoms with Crippen LogP contribution in [0.15, 0.2) is 0 Å². The number of hydrogen-bond acceptors (Lipinski definition) is 3. The molecule has 0 aliphatic rings. The van der Waals surface area contributed by atoms with Crippen molar-refractivity contribution in [2.75, 3.05) is 26.2 Å². The van der Waals surface area contributed by atoms with Crippen molar-refractivity contribution in [3.63, 3.8) is 0 Å². The van der Waals surface area contributed by atoms with Crippen LogP contribution in [0, 0.1) is 0 Å². The zero-order valence-electron chi connectivity index (χ0n) is 8.53. The highest BCUT2D eigenvalue weighted by atomic mass is 19.3. The lowest BCUT2D eigenvalue weighted by Gasteiger charge is -2.21. The Balaban J connectivity index is 4.00. The fraction of sp³-hybridized carbons (Fsp3) is 0.750. The van der Waals surface area contributed by atoms with Gasteiger partial charge in [0.2, 0.25) is 0 Å². The van der Waals surface area contributed by atoms with Gasteiger partial charge in [-0.1, -0.05) is 0 Å². The lowest BCUT2D eigenvalue weighted by atomic mass is 10.4. The van der Waals surface area contributed by atoms with Crippen molar-refractivity contribution in [3.8, 4) is 0 Å². The Morgan fingerprint density at radius 2 is 2.00 bits per heavy atom. The first-order chi connectivity index (χ1) is 7.47. The van der Waals surface area contributed by atoms with E-state index >= 15 is 0 Å². The SMILES string of the molecule is O=C(O)CCNC(=O)N(CCO)CC(F)F. The van der Waals surface area contributed by atoms with Gasteiger partial charge >= 0.3 is 12.0 Å². The summed E-state index contributed by atoms with van der Waals surface area (Å²) < 4.78 is 24.0. The van der Waals surface area contributed by atoms with Crippen molar-refractivity contribution >= 4 is 12.0 Å². The molecule has 8 heteroatoms. The van der Waals surface area contributed by atoms with Gasteiger partial charge < -0.3 is 20.4 Å². The number of amides is 2. The number of carbonyl (C=O) groups excluding carboxylic acids is 1. The van der Waals surface area contributed by atoms with E-state index in [9.17, 15) is 18.4 Å². The minimum atomic E-state index is -2.70. The Morgan fingerprint density at radius 3 is 2.44 bits per heavy atom. The monoisotopic (exact) mass is 240 g/mol. The van der Waals surface area contributed by atoms with Crippen LogP contribution in [-0.2, 0) is 4.79 Å². The maximum Gasteiger partial charge on any atom is 0.317 e. The van der Waals surface area contributed by atoms with Crippen LogP contribution in [-0.4, -0.2) is 59.8 Å². The molecule has 0 aliphatic carbocycles. The molecule has 0 aliphatic heterocycles. The second-order valence-corrected chi connectivity index (χ2v) is 2.94. The third-order valence-corrected chi connectivity index (χ3v) is 1.63. The van der Waals surface area contributed by atoms with Crippen LogP contribution in [0.1, 0.15) is 6.42 Å². The number of nitrogens with one attached hydrogen (secondary N) is 1. The number of hydrogen-bond donors (Lipinski definition) is 3. The minimum Gasteiger partial charge on any atom is -0.481 e. The number of alkyl halides is 2. The quantitative estimate of drug-likeness (QED) is 0.571. The average Bonchev–Trinajstić information content (AvgIpc) is 2.15. The number of rotatable bonds is 7. The lowest BCUT2D eigenvalue weighted by Crippen LogP contribution is -2.44. The van der Waals surface area contributed by atoms with Crippen molar-refractivity contribution in [3.05, 3.63) is 0 Å². The number of aliphatic hydroxyl groups excluding tert-OH is 1. The molecule has 0 aromatic carbocycles. The van der Waals surface area contributed by atoms with Gasteiger partial charge in [-0.15, -0.1) is 0 Å². The molecule has 2 amide bonds. The molecular weight excluding hydrogens is 226 g/mol. The van der Waals surface area contributed by atoms with Crippen LogP contribution in [0.5, 0.6) is 0 Å². The maximum absolute atomic E-state index is 12.0. The molecule has 0 spiro atoms. The molecule has 0 atom stereocenters. The Morgan fingerprint density at radius 1 is 1.38 bits per heavy atom. The summed E-state index contributed by atoms with van der Waals surface area (Å²) in [5.74, 6) is -1.09. The second kappa shape index (κ2) is 7.80. The first-order valence-electron chi connectivity index (χ1n) is 4.61. The van der Waals surface area contributed by atoms with Gasteiger partial charge in [-0.2, -0.15) is 0 Å². The summed E-state index contributed by atoms with van der Waals surface area (Å²) in [5.41, 5.74) is 0. The van der Waals surface area contributed by atoms with Crippen LogP contribution < -0.4 is 5.32 Å². The first kappa shape index (κ1) is 14.6. The molecule has 0 rings (SSSR count). The van der Waals surface area contributed by atoms with E-state index in [4.69, 9.17) is 10.2 Å². The molecule has 0 bridgehead atoms. The highest BCUT2D eigenvalue weighted by molar-refractivity contribution is 5.75. The van der Waals surface area contributed by atoms with E-state index in [2.05, 4.69) is 5.32 Å². The molecule has 0 heterocycles. The molecule has 0 unspecified atom stereocenters. The summed E-state index contributed by atoms with van der Waals surface area (Å²) in [6.07, 6.45) is -2.98. The number of carbonyl (C=O) groups is 2. The summed E-state index contributed by atoms with van der Waals surface area (Å²) in [7, 11) is 0. The Kier molecular flexibility index (Phi) is 7.10. The third-order valence-electron chi connectivity index (χ3n) is 1.63. The fourth-order valence-corrected chi connectivity index (χ4v) is 0.951. The van der Waals surface area contributed by atoms with E-state index in [1.807, 2.05) is 0 Å². The van der Waals surface area contributed by atoms with Crippen LogP contribution in [0.3, 0.4) is 0 Å². The molecule has 6 nitrogen and oxygen atoms in total. The van der Waals surface area contributed by atoms with E-state index in [1.165, 1.54) is 0 Å². The van der Waals surface area contributed by atoms with E-state index in [0.717, 1.165) is 4.90 Å². The Labute approximate surface area is 90.8 Å². The molecule has 0 radical (unpaired) electrons. The van der Waals surface area contributed by atoms with E-state index in [1.54, 1.807) is 0 Å². The molecule has 3 N–H and O–H groups in total. The Bertz CT molecular complexity index is 238. The van der Waals surface area contributed by atoms with Crippen molar-refractivity contribution in [1.29, 1.82) is 0 Å². The number of aliphatic hydroxyl groups is 1.